The molecule has 0 saturated carbocycles. The predicted molar refractivity (Wildman–Crippen MR) is 268 cm³/mol. The number of carbonyl (C=O) groups is 2. The van der Waals surface area contributed by atoms with Gasteiger partial charge in [-0.25, -0.2) is 0 Å². The van der Waals surface area contributed by atoms with Gasteiger partial charge in [0.25, 0.3) is 17.0 Å². The first-order valence-corrected chi connectivity index (χ1v) is 24.9. The van der Waals surface area contributed by atoms with E-state index in [1.165, 1.54) is 25.6 Å². The van der Waals surface area contributed by atoms with Crippen LogP contribution in [-0.2, 0) is 29.2 Å². The minimum atomic E-state index is -1.07. The highest BCUT2D eigenvalue weighted by molar-refractivity contribution is 8.30. The molecule has 4 heterocycles. The smallest absolute Gasteiger partial charge is 0.305 e. The average Bonchev–Trinajstić information content (AvgIpc) is 3.96. The summed E-state index contributed by atoms with van der Waals surface area (Å²) in [5, 5.41) is 9.67. The minimum absolute atomic E-state index is 0.129. The Morgan fingerprint density at radius 1 is 0.844 bits per heavy atom. The molecule has 6 aromatic rings. The Kier molecular flexibility index (Phi) is 14.4. The second-order valence-electron chi connectivity index (χ2n) is 15.6. The van der Waals surface area contributed by atoms with E-state index in [2.05, 4.69) is 61.2 Å². The number of unbranched alkanes of at least 4 members (excludes halogenated alkanes) is 2. The number of aromatic nitrogens is 2. The second-order valence-corrected chi connectivity index (χ2v) is 20.5. The molecule has 2 aliphatic heterocycles. The molecule has 9 nitrogen and oxygen atoms in total. The first-order chi connectivity index (χ1) is 31.0. The van der Waals surface area contributed by atoms with Crippen molar-refractivity contribution in [3.8, 4) is 0 Å². The summed E-state index contributed by atoms with van der Waals surface area (Å²) >= 11 is 11.0. The zero-order valence-electron chi connectivity index (χ0n) is 35.3. The lowest BCUT2D eigenvalue weighted by molar-refractivity contribution is -0.137. The number of thioether (sulfide) groups is 2. The normalized spacial score (nSPS) is 17.9. The molecule has 8 rings (SSSR count). The van der Waals surface area contributed by atoms with Crippen molar-refractivity contribution in [1.82, 2.24) is 14.0 Å². The Bertz CT molecular complexity index is 3080. The van der Waals surface area contributed by atoms with E-state index in [-0.39, 0.29) is 54.0 Å². The summed E-state index contributed by atoms with van der Waals surface area (Å²) in [7, 11) is 0. The molecule has 2 aliphatic rings. The van der Waals surface area contributed by atoms with Crippen LogP contribution in [0, 0.1) is 16.1 Å². The Hall–Kier alpha value is -5.25. The maximum absolute atomic E-state index is 14.6. The molecule has 0 spiro atoms. The maximum Gasteiger partial charge on any atom is 0.305 e. The highest BCUT2D eigenvalue weighted by atomic mass is 32.2. The van der Waals surface area contributed by atoms with Crippen LogP contribution in [0.3, 0.4) is 0 Å². The molecule has 2 atom stereocenters. The molecule has 1 N–H and O–H groups in total. The van der Waals surface area contributed by atoms with Crippen LogP contribution >= 0.6 is 58.4 Å². The SMILES string of the molecule is [CH]CCCCSc1ccc(N2c3ccc(C=CC=c4s/c(=c5/s/c(=C6/SC(=S)N(Cc7ccccc7)C6=O)n(Cc6ccccc6)c5=O)n(CCC(=O)O)c4=O)cc3C(C)C2C)cc1. The lowest BCUT2D eigenvalue weighted by Crippen LogP contribution is -2.31. The van der Waals surface area contributed by atoms with Crippen LogP contribution < -0.4 is 25.2 Å². The van der Waals surface area contributed by atoms with Gasteiger partial charge in [-0.1, -0.05) is 116 Å². The van der Waals surface area contributed by atoms with E-state index in [0.717, 1.165) is 81.8 Å². The number of carboxylic acids is 1. The van der Waals surface area contributed by atoms with Gasteiger partial charge in [0.2, 0.25) is 0 Å². The fourth-order valence-electron chi connectivity index (χ4n) is 7.89. The minimum Gasteiger partial charge on any atom is -0.481 e. The van der Waals surface area contributed by atoms with Gasteiger partial charge < -0.3 is 10.0 Å². The topological polar surface area (TPSA) is 105 Å². The molecule has 1 amide bonds. The number of nitrogens with zero attached hydrogens (tertiary/aromatic N) is 4. The Morgan fingerprint density at radius 3 is 2.23 bits per heavy atom. The van der Waals surface area contributed by atoms with Crippen molar-refractivity contribution < 1.29 is 14.7 Å². The Labute approximate surface area is 393 Å². The third-order valence-electron chi connectivity index (χ3n) is 11.4. The zero-order chi connectivity index (χ0) is 44.9. The van der Waals surface area contributed by atoms with Gasteiger partial charge in [-0.2, -0.15) is 0 Å². The van der Waals surface area contributed by atoms with Crippen molar-refractivity contribution in [3.05, 3.63) is 177 Å². The molecule has 326 valence electrons. The summed E-state index contributed by atoms with van der Waals surface area (Å²) in [6, 6.07) is 34.5. The summed E-state index contributed by atoms with van der Waals surface area (Å²) in [6.45, 7) is 10.5. The van der Waals surface area contributed by atoms with E-state index in [9.17, 15) is 24.3 Å². The van der Waals surface area contributed by atoms with Gasteiger partial charge in [-0.15, -0.1) is 34.4 Å². The van der Waals surface area contributed by atoms with E-state index < -0.39 is 11.5 Å². The number of thiazole rings is 2. The van der Waals surface area contributed by atoms with Gasteiger partial charge >= 0.3 is 5.97 Å². The highest BCUT2D eigenvalue weighted by Gasteiger charge is 2.35. The van der Waals surface area contributed by atoms with Crippen LogP contribution in [-0.4, -0.2) is 47.1 Å². The number of hydrogen-bond donors (Lipinski definition) is 1. The fraction of sp³-hybridized carbons (Fsp3) is 0.240. The highest BCUT2D eigenvalue weighted by Crippen LogP contribution is 2.45. The molecule has 1 fully saturated rings. The van der Waals surface area contributed by atoms with Crippen molar-refractivity contribution in [2.24, 2.45) is 0 Å². The summed E-state index contributed by atoms with van der Waals surface area (Å²) < 4.78 is 4.70. The van der Waals surface area contributed by atoms with Gasteiger partial charge in [0, 0.05) is 34.8 Å². The van der Waals surface area contributed by atoms with E-state index in [4.69, 9.17) is 19.1 Å². The van der Waals surface area contributed by atoms with E-state index in [1.807, 2.05) is 84.6 Å². The first kappa shape index (κ1) is 45.3. The number of carboxylic acid groups (broad SMARTS) is 1. The van der Waals surface area contributed by atoms with Crippen molar-refractivity contribution >= 4 is 103 Å². The molecular weight excluding hydrogens is 897 g/mol. The first-order valence-electron chi connectivity index (χ1n) is 21.1. The van der Waals surface area contributed by atoms with Crippen molar-refractivity contribution in [1.29, 1.82) is 0 Å². The number of hydrogen-bond acceptors (Lipinski definition) is 10. The summed E-state index contributed by atoms with van der Waals surface area (Å²) in [6.07, 6.45) is 8.05. The van der Waals surface area contributed by atoms with Crippen molar-refractivity contribution in [2.45, 2.75) is 76.0 Å². The lowest BCUT2D eigenvalue weighted by atomic mass is 9.96. The molecule has 4 aromatic carbocycles. The van der Waals surface area contributed by atoms with Crippen molar-refractivity contribution in [3.63, 3.8) is 0 Å². The van der Waals surface area contributed by atoms with Gasteiger partial charge in [-0.3, -0.25) is 33.2 Å². The predicted octanol–water partition coefficient (Wildman–Crippen LogP) is 9.22. The van der Waals surface area contributed by atoms with Crippen LogP contribution in [0.1, 0.15) is 67.7 Å². The van der Waals surface area contributed by atoms with E-state index in [0.29, 0.717) is 23.1 Å². The molecule has 2 aromatic heterocycles. The molecule has 0 bridgehead atoms. The number of allylic oxidation sites excluding steroid dienone is 1. The number of carbonyl (C=O) groups excluding carboxylic acids is 1. The number of aliphatic carboxylic acids is 1. The monoisotopic (exact) mass is 942 g/mol. The summed E-state index contributed by atoms with van der Waals surface area (Å²) in [5.74, 6) is -0.0396. The standard InChI is InChI=1S/C50H46N4O5S5/c1-4-5-12-28-61-38-23-21-37(22-24-38)54-33(3)32(2)39-29-34(20-25-40(39)54)18-13-19-41-45(57)51(27-26-42(55)56)48(62-41)43-46(58)52(30-35-14-8-6-9-15-35)49(63-43)44-47(59)53(50(60)64-44)31-36-16-10-7-11-17-36/h1,6-11,13-25,29,32-33H,4-5,12,26-28,30-31H2,2-3H3,(H,55,56)/b18-13?,41-19?,48-43+,49-44+. The molecule has 0 aliphatic carbocycles. The van der Waals surface area contributed by atoms with Gasteiger partial charge in [0.1, 0.15) is 23.1 Å². The van der Waals surface area contributed by atoms with Crippen molar-refractivity contribution in [2.75, 3.05) is 10.7 Å². The number of thiocarbonyl (C=S) groups is 1. The Morgan fingerprint density at radius 2 is 1.55 bits per heavy atom. The van der Waals surface area contributed by atoms with Crippen LogP contribution in [0.5, 0.6) is 0 Å². The maximum atomic E-state index is 14.6. The third kappa shape index (κ3) is 9.71. The number of benzene rings is 4. The number of amides is 1. The number of rotatable bonds is 15. The fourth-order valence-corrected chi connectivity index (χ4v) is 12.6. The lowest BCUT2D eigenvalue weighted by Gasteiger charge is -2.26. The number of anilines is 2. The molecule has 14 heteroatoms. The van der Waals surface area contributed by atoms with Crippen LogP contribution in [0.2, 0.25) is 0 Å². The quantitative estimate of drug-likeness (QED) is 0.0613. The summed E-state index contributed by atoms with van der Waals surface area (Å²) in [5.41, 5.74) is 5.53. The zero-order valence-corrected chi connectivity index (χ0v) is 39.4. The van der Waals surface area contributed by atoms with E-state index >= 15 is 0 Å². The largest absolute Gasteiger partial charge is 0.481 e. The molecule has 2 radical (unpaired) electrons. The van der Waals surface area contributed by atoms with Crippen LogP contribution in [0.15, 0.2) is 124 Å². The summed E-state index contributed by atoms with van der Waals surface area (Å²) in [4.78, 5) is 60.1. The van der Waals surface area contributed by atoms with Gasteiger partial charge in [0.05, 0.1) is 24.0 Å². The molecular formula is C50H46N4O5S5. The van der Waals surface area contributed by atoms with Gasteiger partial charge in [0.15, 0.2) is 0 Å². The Balaban J connectivity index is 1.17. The average molecular weight is 943 g/mol. The molecule has 1 saturated heterocycles. The molecule has 2 unspecified atom stereocenters. The second kappa shape index (κ2) is 20.3. The molecule has 64 heavy (non-hydrogen) atoms. The van der Waals surface area contributed by atoms with Crippen LogP contribution in [0.4, 0.5) is 11.4 Å². The number of fused-ring (bicyclic) bond motifs is 1. The third-order valence-corrected chi connectivity index (χ3v) is 16.5. The van der Waals surface area contributed by atoms with E-state index in [1.54, 1.807) is 10.6 Å². The van der Waals surface area contributed by atoms with Crippen LogP contribution in [0.25, 0.3) is 17.1 Å². The van der Waals surface area contributed by atoms with Gasteiger partial charge in [-0.05, 0) is 97.2 Å².